The molecule has 0 radical (unpaired) electrons. The lowest BCUT2D eigenvalue weighted by Crippen LogP contribution is -2.43. The van der Waals surface area contributed by atoms with E-state index < -0.39 is 9.84 Å². The molecular formula is C15H22N2O2S. The highest BCUT2D eigenvalue weighted by Crippen LogP contribution is 2.25. The molecule has 1 aromatic carbocycles. The normalized spacial score (nSPS) is 27.4. The third-order valence-electron chi connectivity index (χ3n) is 4.50. The minimum Gasteiger partial charge on any atom is -0.314 e. The van der Waals surface area contributed by atoms with E-state index in [4.69, 9.17) is 0 Å². The first-order valence-electron chi connectivity index (χ1n) is 7.27. The van der Waals surface area contributed by atoms with Crippen LogP contribution in [0.3, 0.4) is 0 Å². The van der Waals surface area contributed by atoms with Crippen molar-refractivity contribution < 1.29 is 8.42 Å². The number of hydrogen-bond donors (Lipinski definition) is 1. The summed E-state index contributed by atoms with van der Waals surface area (Å²) in [5, 5.41) is 3.57. The summed E-state index contributed by atoms with van der Waals surface area (Å²) >= 11 is 0. The number of hydrogen-bond acceptors (Lipinski definition) is 4. The largest absolute Gasteiger partial charge is 0.314 e. The molecule has 0 aliphatic carbocycles. The van der Waals surface area contributed by atoms with Crippen molar-refractivity contribution in [3.63, 3.8) is 0 Å². The number of piperidine rings is 1. The van der Waals surface area contributed by atoms with Crippen molar-refractivity contribution in [3.05, 3.63) is 29.8 Å². The van der Waals surface area contributed by atoms with Crippen molar-refractivity contribution in [2.75, 3.05) is 25.9 Å². The van der Waals surface area contributed by atoms with E-state index in [-0.39, 0.29) is 0 Å². The molecule has 2 aliphatic rings. The molecule has 0 aromatic heterocycles. The fourth-order valence-corrected chi connectivity index (χ4v) is 4.00. The van der Waals surface area contributed by atoms with E-state index in [2.05, 4.69) is 10.2 Å². The Morgan fingerprint density at radius 2 is 2.00 bits per heavy atom. The number of nitrogens with zero attached hydrogens (tertiary/aromatic N) is 1. The molecule has 2 unspecified atom stereocenters. The Hall–Kier alpha value is -0.910. The van der Waals surface area contributed by atoms with Crippen molar-refractivity contribution >= 4 is 9.84 Å². The second-order valence-corrected chi connectivity index (χ2v) is 8.07. The van der Waals surface area contributed by atoms with Crippen molar-refractivity contribution in [2.24, 2.45) is 5.92 Å². The van der Waals surface area contributed by atoms with Crippen LogP contribution in [0.2, 0.25) is 0 Å². The van der Waals surface area contributed by atoms with Gasteiger partial charge in [0.2, 0.25) is 0 Å². The molecule has 3 rings (SSSR count). The summed E-state index contributed by atoms with van der Waals surface area (Å²) in [7, 11) is -3.09. The Balaban J connectivity index is 1.63. The molecule has 2 fully saturated rings. The average molecular weight is 294 g/mol. The lowest BCUT2D eigenvalue weighted by atomic mass is 9.93. The summed E-state index contributed by atoms with van der Waals surface area (Å²) in [6, 6.07) is 8.03. The second-order valence-electron chi connectivity index (χ2n) is 6.05. The molecule has 0 bridgehead atoms. The van der Waals surface area contributed by atoms with Crippen molar-refractivity contribution in [3.8, 4) is 0 Å². The highest BCUT2D eigenvalue weighted by molar-refractivity contribution is 7.90. The van der Waals surface area contributed by atoms with E-state index in [1.54, 1.807) is 12.1 Å². The predicted molar refractivity (Wildman–Crippen MR) is 79.3 cm³/mol. The maximum Gasteiger partial charge on any atom is 0.175 e. The smallest absolute Gasteiger partial charge is 0.175 e. The van der Waals surface area contributed by atoms with Gasteiger partial charge in [0.05, 0.1) is 4.90 Å². The first kappa shape index (κ1) is 14.0. The average Bonchev–Trinajstić information content (AvgIpc) is 2.86. The van der Waals surface area contributed by atoms with Gasteiger partial charge in [-0.15, -0.1) is 0 Å². The lowest BCUT2D eigenvalue weighted by molar-refractivity contribution is 0.156. The highest BCUT2D eigenvalue weighted by atomic mass is 32.2. The summed E-state index contributed by atoms with van der Waals surface area (Å²) in [6.07, 6.45) is 3.76. The number of fused-ring (bicyclic) bond motifs is 1. The fourth-order valence-electron chi connectivity index (χ4n) is 3.37. The molecule has 5 heteroatoms. The molecule has 2 atom stereocenters. The molecule has 1 aromatic rings. The third kappa shape index (κ3) is 3.05. The van der Waals surface area contributed by atoms with Gasteiger partial charge < -0.3 is 5.32 Å². The van der Waals surface area contributed by atoms with Gasteiger partial charge in [-0.25, -0.2) is 8.42 Å². The number of nitrogens with one attached hydrogen (secondary N) is 1. The fraction of sp³-hybridized carbons (Fsp3) is 0.600. The molecule has 0 amide bonds. The topological polar surface area (TPSA) is 49.4 Å². The van der Waals surface area contributed by atoms with Crippen LogP contribution in [0.1, 0.15) is 18.4 Å². The van der Waals surface area contributed by atoms with Crippen molar-refractivity contribution in [2.45, 2.75) is 30.3 Å². The minimum absolute atomic E-state index is 0.403. The van der Waals surface area contributed by atoms with Gasteiger partial charge in [-0.2, -0.15) is 0 Å². The van der Waals surface area contributed by atoms with Crippen LogP contribution >= 0.6 is 0 Å². The summed E-state index contributed by atoms with van der Waals surface area (Å²) < 4.78 is 22.9. The third-order valence-corrected chi connectivity index (χ3v) is 5.63. The van der Waals surface area contributed by atoms with Gasteiger partial charge in [0, 0.05) is 25.4 Å². The Morgan fingerprint density at radius 1 is 1.25 bits per heavy atom. The van der Waals surface area contributed by atoms with Gasteiger partial charge in [0.1, 0.15) is 0 Å². The Bertz CT molecular complexity index is 568. The molecule has 2 aliphatic heterocycles. The molecular weight excluding hydrogens is 272 g/mol. The van der Waals surface area contributed by atoms with Crippen LogP contribution in [-0.4, -0.2) is 45.2 Å². The molecule has 2 saturated heterocycles. The zero-order chi connectivity index (χ0) is 14.2. The predicted octanol–water partition coefficient (Wildman–Crippen LogP) is 1.27. The maximum absolute atomic E-state index is 11.4. The first-order valence-corrected chi connectivity index (χ1v) is 9.16. The van der Waals surface area contributed by atoms with Crippen LogP contribution in [0, 0.1) is 5.92 Å². The number of benzene rings is 1. The Labute approximate surface area is 121 Å². The second kappa shape index (κ2) is 5.47. The van der Waals surface area contributed by atoms with Crippen molar-refractivity contribution in [1.29, 1.82) is 0 Å². The number of likely N-dealkylation sites (tertiary alicyclic amines) is 1. The van der Waals surface area contributed by atoms with Crippen LogP contribution in [-0.2, 0) is 16.4 Å². The Kier molecular flexibility index (Phi) is 3.84. The van der Waals surface area contributed by atoms with E-state index in [1.165, 1.54) is 24.7 Å². The zero-order valence-electron chi connectivity index (χ0n) is 11.9. The van der Waals surface area contributed by atoms with E-state index in [0.29, 0.717) is 4.90 Å². The first-order chi connectivity index (χ1) is 9.52. The zero-order valence-corrected chi connectivity index (χ0v) is 12.7. The maximum atomic E-state index is 11.4. The number of sulfone groups is 1. The van der Waals surface area contributed by atoms with Crippen LogP contribution in [0.4, 0.5) is 0 Å². The molecule has 4 nitrogen and oxygen atoms in total. The lowest BCUT2D eigenvalue weighted by Gasteiger charge is -2.34. The van der Waals surface area contributed by atoms with Gasteiger partial charge in [-0.1, -0.05) is 12.1 Å². The van der Waals surface area contributed by atoms with E-state index in [9.17, 15) is 8.42 Å². The minimum atomic E-state index is -3.09. The molecule has 20 heavy (non-hydrogen) atoms. The van der Waals surface area contributed by atoms with Crippen LogP contribution < -0.4 is 5.32 Å². The van der Waals surface area contributed by atoms with E-state index >= 15 is 0 Å². The van der Waals surface area contributed by atoms with Gasteiger partial charge >= 0.3 is 0 Å². The standard InChI is InChI=1S/C15H22N2O2S/c1-20(18,19)14-4-2-12(3-5-14)10-17-9-7-15-13(11-17)6-8-16-15/h2-5,13,15-16H,6-11H2,1H3. The molecule has 1 N–H and O–H groups in total. The van der Waals surface area contributed by atoms with Gasteiger partial charge in [0.25, 0.3) is 0 Å². The highest BCUT2D eigenvalue weighted by Gasteiger charge is 2.32. The summed E-state index contributed by atoms with van der Waals surface area (Å²) in [4.78, 5) is 2.89. The van der Waals surface area contributed by atoms with Crippen LogP contribution in [0.25, 0.3) is 0 Å². The Morgan fingerprint density at radius 3 is 2.70 bits per heavy atom. The van der Waals surface area contributed by atoms with Gasteiger partial charge in [-0.3, -0.25) is 4.90 Å². The monoisotopic (exact) mass is 294 g/mol. The van der Waals surface area contributed by atoms with E-state index in [0.717, 1.165) is 38.1 Å². The van der Waals surface area contributed by atoms with Crippen LogP contribution in [0.15, 0.2) is 29.2 Å². The van der Waals surface area contributed by atoms with E-state index in [1.807, 2.05) is 12.1 Å². The number of rotatable bonds is 3. The van der Waals surface area contributed by atoms with Crippen molar-refractivity contribution in [1.82, 2.24) is 10.2 Å². The molecule has 0 spiro atoms. The quantitative estimate of drug-likeness (QED) is 0.912. The molecule has 2 heterocycles. The molecule has 0 saturated carbocycles. The van der Waals surface area contributed by atoms with Gasteiger partial charge in [-0.05, 0) is 49.5 Å². The molecule has 110 valence electrons. The summed E-state index contributed by atoms with van der Waals surface area (Å²) in [5.74, 6) is 0.791. The summed E-state index contributed by atoms with van der Waals surface area (Å²) in [6.45, 7) is 4.37. The van der Waals surface area contributed by atoms with Crippen LogP contribution in [0.5, 0.6) is 0 Å². The SMILES string of the molecule is CS(=O)(=O)c1ccc(CN2CCC3NCCC3C2)cc1. The van der Waals surface area contributed by atoms with Gasteiger partial charge in [0.15, 0.2) is 9.84 Å². The summed E-state index contributed by atoms with van der Waals surface area (Å²) in [5.41, 5.74) is 1.20.